The molecule has 0 radical (unpaired) electrons. The molecule has 0 aliphatic carbocycles. The molecule has 3 rings (SSSR count). The van der Waals surface area contributed by atoms with E-state index in [1.165, 1.54) is 12.1 Å². The smallest absolute Gasteiger partial charge is 0.301 e. The lowest BCUT2D eigenvalue weighted by atomic mass is 9.94. The summed E-state index contributed by atoms with van der Waals surface area (Å²) >= 11 is 0. The number of ether oxygens (including phenoxy) is 3. The molecule has 26 heavy (non-hydrogen) atoms. The number of nitrogen functional groups attached to an aromatic ring is 1. The van der Waals surface area contributed by atoms with Crippen molar-refractivity contribution in [1.82, 2.24) is 0 Å². The highest BCUT2D eigenvalue weighted by atomic mass is 16.7. The molecule has 1 aliphatic rings. The number of nitriles is 2. The molecule has 3 N–H and O–H groups in total. The molecule has 1 aromatic carbocycles. The molecule has 0 atom stereocenters. The lowest BCUT2D eigenvalue weighted by Crippen LogP contribution is -2.19. The van der Waals surface area contributed by atoms with E-state index in [0.717, 1.165) is 0 Å². The van der Waals surface area contributed by atoms with Crippen molar-refractivity contribution < 1.29 is 24.1 Å². The van der Waals surface area contributed by atoms with Crippen LogP contribution in [0.2, 0.25) is 0 Å². The van der Waals surface area contributed by atoms with Crippen LogP contribution >= 0.6 is 0 Å². The van der Waals surface area contributed by atoms with Gasteiger partial charge in [-0.15, -0.1) is 0 Å². The summed E-state index contributed by atoms with van der Waals surface area (Å²) in [6.07, 6.45) is 0. The number of benzene rings is 1. The van der Waals surface area contributed by atoms with Gasteiger partial charge in [-0.2, -0.15) is 10.5 Å². The Hall–Kier alpha value is -4.05. The number of aromatic nitrogens is 1. The van der Waals surface area contributed by atoms with Gasteiger partial charge in [-0.1, -0.05) is 0 Å². The first-order chi connectivity index (χ1) is 12.5. The van der Waals surface area contributed by atoms with Gasteiger partial charge in [-0.05, 0) is 13.0 Å². The lowest BCUT2D eigenvalue weighted by molar-refractivity contribution is -0.384. The van der Waals surface area contributed by atoms with Gasteiger partial charge in [0.05, 0.1) is 23.2 Å². The second-order valence-corrected chi connectivity index (χ2v) is 5.13. The molecule has 1 aliphatic heterocycles. The van der Waals surface area contributed by atoms with E-state index in [-0.39, 0.29) is 64.5 Å². The summed E-state index contributed by atoms with van der Waals surface area (Å²) in [5.41, 5.74) is 5.35. The van der Waals surface area contributed by atoms with E-state index in [9.17, 15) is 20.6 Å². The van der Waals surface area contributed by atoms with Crippen LogP contribution in [0.5, 0.6) is 17.4 Å². The topological polar surface area (TPSA) is 159 Å². The Kier molecular flexibility index (Phi) is 4.17. The molecule has 0 unspecified atom stereocenters. The minimum absolute atomic E-state index is 0.000278. The zero-order valence-corrected chi connectivity index (χ0v) is 13.5. The standard InChI is InChI=1S/C16H11N5O5/c1-2-24-16-10(6-18)14(9(5-17)15(19)20-16)8-3-12-13(26-7-25-12)4-11(8)21(22)23/h3-4H,2,7H2,1H3,(H2,19,20)/p+1. The quantitative estimate of drug-likeness (QED) is 0.639. The molecular formula is C16H12N5O5+. The number of aromatic amines is 1. The largest absolute Gasteiger partial charge is 0.462 e. The van der Waals surface area contributed by atoms with E-state index in [1.54, 1.807) is 6.92 Å². The second-order valence-electron chi connectivity index (χ2n) is 5.13. The van der Waals surface area contributed by atoms with E-state index < -0.39 is 4.92 Å². The highest BCUT2D eigenvalue weighted by molar-refractivity contribution is 5.87. The summed E-state index contributed by atoms with van der Waals surface area (Å²) < 4.78 is 15.8. The average Bonchev–Trinajstić information content (AvgIpc) is 3.07. The fourth-order valence-corrected chi connectivity index (χ4v) is 2.65. The molecule has 0 bridgehead atoms. The van der Waals surface area contributed by atoms with Crippen LogP contribution in [-0.2, 0) is 0 Å². The monoisotopic (exact) mass is 354 g/mol. The van der Waals surface area contributed by atoms with Crippen LogP contribution < -0.4 is 24.9 Å². The van der Waals surface area contributed by atoms with E-state index in [0.29, 0.717) is 0 Å². The Morgan fingerprint density at radius 1 is 1.31 bits per heavy atom. The number of nitrogens with two attached hydrogens (primary N) is 1. The first-order valence-corrected chi connectivity index (χ1v) is 7.41. The summed E-state index contributed by atoms with van der Waals surface area (Å²) in [6, 6.07) is 6.35. The Morgan fingerprint density at radius 2 is 1.96 bits per heavy atom. The van der Waals surface area contributed by atoms with Crippen molar-refractivity contribution in [3.63, 3.8) is 0 Å². The Bertz CT molecular complexity index is 1010. The molecule has 10 nitrogen and oxygen atoms in total. The van der Waals surface area contributed by atoms with Crippen LogP contribution in [0.1, 0.15) is 18.1 Å². The number of nitro groups is 1. The minimum Gasteiger partial charge on any atom is -0.462 e. The summed E-state index contributed by atoms with van der Waals surface area (Å²) in [4.78, 5) is 13.6. The van der Waals surface area contributed by atoms with Crippen LogP contribution in [0, 0.1) is 32.8 Å². The minimum atomic E-state index is -0.632. The van der Waals surface area contributed by atoms with Crippen LogP contribution in [-0.4, -0.2) is 18.3 Å². The zero-order chi connectivity index (χ0) is 18.8. The number of H-pyrrole nitrogens is 1. The maximum absolute atomic E-state index is 11.6. The van der Waals surface area contributed by atoms with Gasteiger partial charge in [0.2, 0.25) is 6.79 Å². The Balaban J connectivity index is 2.42. The Labute approximate surface area is 147 Å². The highest BCUT2D eigenvalue weighted by Gasteiger charge is 2.32. The van der Waals surface area contributed by atoms with Crippen LogP contribution in [0.4, 0.5) is 11.5 Å². The normalized spacial score (nSPS) is 11.5. The zero-order valence-electron chi connectivity index (χ0n) is 13.5. The van der Waals surface area contributed by atoms with E-state index >= 15 is 0 Å². The number of nitrogens with zero attached hydrogens (tertiary/aromatic N) is 3. The van der Waals surface area contributed by atoms with Gasteiger partial charge in [-0.3, -0.25) is 15.8 Å². The first kappa shape index (κ1) is 16.8. The molecule has 0 fully saturated rings. The summed E-state index contributed by atoms with van der Waals surface area (Å²) in [5, 5.41) is 30.7. The van der Waals surface area contributed by atoms with Gasteiger partial charge in [0.15, 0.2) is 17.1 Å². The van der Waals surface area contributed by atoms with Gasteiger partial charge in [0.1, 0.15) is 17.7 Å². The van der Waals surface area contributed by atoms with Crippen molar-refractivity contribution in [3.05, 3.63) is 33.4 Å². The maximum Gasteiger partial charge on any atom is 0.301 e. The first-order valence-electron chi connectivity index (χ1n) is 7.41. The van der Waals surface area contributed by atoms with Crippen molar-refractivity contribution in [2.24, 2.45) is 0 Å². The third-order valence-electron chi connectivity index (χ3n) is 3.71. The van der Waals surface area contributed by atoms with Crippen LogP contribution in [0.15, 0.2) is 12.1 Å². The molecule has 0 amide bonds. The SMILES string of the molecule is CCOc1[nH+]c(N)c(C#N)c(-c2cc3c(cc2[N+](=O)[O-])OCO3)c1C#N. The van der Waals surface area contributed by atoms with Gasteiger partial charge in [-0.25, -0.2) is 4.98 Å². The van der Waals surface area contributed by atoms with E-state index in [2.05, 4.69) is 4.98 Å². The number of fused-ring (bicyclic) bond motifs is 1. The Morgan fingerprint density at radius 3 is 2.54 bits per heavy atom. The number of nitro benzene ring substituents is 1. The molecule has 0 saturated carbocycles. The van der Waals surface area contributed by atoms with Crippen molar-refractivity contribution in [1.29, 1.82) is 10.5 Å². The molecule has 0 saturated heterocycles. The van der Waals surface area contributed by atoms with Crippen molar-refractivity contribution >= 4 is 11.5 Å². The van der Waals surface area contributed by atoms with E-state index in [1.807, 2.05) is 12.1 Å². The fraction of sp³-hybridized carbons (Fsp3) is 0.188. The van der Waals surface area contributed by atoms with Gasteiger partial charge < -0.3 is 14.2 Å². The van der Waals surface area contributed by atoms with Gasteiger partial charge in [0.25, 0.3) is 11.5 Å². The number of hydrogen-bond donors (Lipinski definition) is 1. The van der Waals surface area contributed by atoms with Crippen molar-refractivity contribution in [2.45, 2.75) is 6.92 Å². The van der Waals surface area contributed by atoms with Crippen molar-refractivity contribution in [2.75, 3.05) is 19.1 Å². The van der Waals surface area contributed by atoms with Crippen LogP contribution in [0.3, 0.4) is 0 Å². The second kappa shape index (κ2) is 6.45. The molecular weight excluding hydrogens is 342 g/mol. The molecule has 10 heteroatoms. The predicted octanol–water partition coefficient (Wildman–Crippen LogP) is 1.53. The molecule has 1 aromatic heterocycles. The molecule has 2 heterocycles. The molecule has 2 aromatic rings. The summed E-state index contributed by atoms with van der Waals surface area (Å²) in [5.74, 6) is 0.422. The number of nitrogens with one attached hydrogen (secondary N) is 1. The fourth-order valence-electron chi connectivity index (χ4n) is 2.65. The lowest BCUT2D eigenvalue weighted by Gasteiger charge is -2.11. The van der Waals surface area contributed by atoms with E-state index in [4.69, 9.17) is 19.9 Å². The van der Waals surface area contributed by atoms with Gasteiger partial charge >= 0.3 is 5.88 Å². The van der Waals surface area contributed by atoms with Crippen LogP contribution in [0.25, 0.3) is 11.1 Å². The third kappa shape index (κ3) is 2.56. The summed E-state index contributed by atoms with van der Waals surface area (Å²) in [6.45, 7) is 1.84. The average molecular weight is 354 g/mol. The number of pyridine rings is 1. The molecule has 0 spiro atoms. The van der Waals surface area contributed by atoms with Crippen molar-refractivity contribution in [3.8, 4) is 40.6 Å². The third-order valence-corrected chi connectivity index (χ3v) is 3.71. The molecule has 130 valence electrons. The number of rotatable bonds is 4. The maximum atomic E-state index is 11.6. The number of hydrogen-bond acceptors (Lipinski definition) is 8. The van der Waals surface area contributed by atoms with Gasteiger partial charge in [0, 0.05) is 5.56 Å². The number of anilines is 1. The highest BCUT2D eigenvalue weighted by Crippen LogP contribution is 2.45. The predicted molar refractivity (Wildman–Crippen MR) is 86.2 cm³/mol. The summed E-state index contributed by atoms with van der Waals surface area (Å²) in [7, 11) is 0.